The van der Waals surface area contributed by atoms with Gasteiger partial charge in [0.25, 0.3) is 0 Å². The van der Waals surface area contributed by atoms with E-state index in [9.17, 15) is 15.0 Å². The van der Waals surface area contributed by atoms with Crippen LogP contribution in [0.5, 0.6) is 0 Å². The van der Waals surface area contributed by atoms with Crippen molar-refractivity contribution >= 4 is 6.29 Å². The van der Waals surface area contributed by atoms with E-state index < -0.39 is 23.9 Å². The largest absolute Gasteiger partial charge is 0.388 e. The molecule has 0 amide bonds. The van der Waals surface area contributed by atoms with Crippen LogP contribution in [0.1, 0.15) is 0 Å². The molecule has 2 saturated heterocycles. The molecule has 2 N–H and O–H groups in total. The number of carbonyl (C=O) groups is 1. The van der Waals surface area contributed by atoms with Crippen LogP contribution in [0.3, 0.4) is 0 Å². The SMILES string of the molecule is O=C[C@]1(O)CO[C@@H]2[C@H](O)CO[C@@H]21. The third-order valence-electron chi connectivity index (χ3n) is 2.33. The van der Waals surface area contributed by atoms with Crippen LogP contribution in [0.15, 0.2) is 0 Å². The summed E-state index contributed by atoms with van der Waals surface area (Å²) in [6, 6.07) is 0. The average Bonchev–Trinajstić information content (AvgIpc) is 2.57. The maximum Gasteiger partial charge on any atom is 0.171 e. The van der Waals surface area contributed by atoms with Crippen LogP contribution in [0, 0.1) is 0 Å². The number of hydrogen-bond donors (Lipinski definition) is 2. The smallest absolute Gasteiger partial charge is 0.171 e. The van der Waals surface area contributed by atoms with Crippen LogP contribution >= 0.6 is 0 Å². The topological polar surface area (TPSA) is 76.0 Å². The number of fused-ring (bicyclic) bond motifs is 1. The van der Waals surface area contributed by atoms with Crippen LogP contribution < -0.4 is 0 Å². The van der Waals surface area contributed by atoms with Gasteiger partial charge < -0.3 is 19.7 Å². The molecule has 0 unspecified atom stereocenters. The van der Waals surface area contributed by atoms with Crippen LogP contribution in [-0.2, 0) is 14.3 Å². The van der Waals surface area contributed by atoms with Crippen molar-refractivity contribution in [2.24, 2.45) is 0 Å². The number of aliphatic hydroxyl groups is 2. The predicted octanol–water partition coefficient (Wildman–Crippen LogP) is -1.93. The number of hydrogen-bond acceptors (Lipinski definition) is 5. The quantitative estimate of drug-likeness (QED) is 0.453. The number of rotatable bonds is 1. The Morgan fingerprint density at radius 1 is 1.50 bits per heavy atom. The van der Waals surface area contributed by atoms with Gasteiger partial charge in [0.2, 0.25) is 0 Å². The van der Waals surface area contributed by atoms with E-state index >= 15 is 0 Å². The molecule has 5 heteroatoms. The first-order valence-electron chi connectivity index (χ1n) is 3.77. The highest BCUT2D eigenvalue weighted by molar-refractivity contribution is 5.64. The summed E-state index contributed by atoms with van der Waals surface area (Å²) in [5.74, 6) is 0. The van der Waals surface area contributed by atoms with Gasteiger partial charge in [-0.2, -0.15) is 0 Å². The van der Waals surface area contributed by atoms with E-state index in [1.54, 1.807) is 0 Å². The van der Waals surface area contributed by atoms with Crippen LogP contribution in [0.25, 0.3) is 0 Å². The van der Waals surface area contributed by atoms with Gasteiger partial charge in [-0.25, -0.2) is 0 Å². The molecule has 2 aliphatic heterocycles. The Kier molecular flexibility index (Phi) is 1.69. The van der Waals surface area contributed by atoms with Gasteiger partial charge in [-0.15, -0.1) is 0 Å². The molecule has 0 aromatic rings. The van der Waals surface area contributed by atoms with Gasteiger partial charge in [-0.1, -0.05) is 0 Å². The summed E-state index contributed by atoms with van der Waals surface area (Å²) >= 11 is 0. The molecule has 2 rings (SSSR count). The Morgan fingerprint density at radius 2 is 2.25 bits per heavy atom. The standard InChI is InChI=1S/C7H10O5/c8-2-7(10)3-12-5-4(9)1-11-6(5)7/h2,4-6,9-10H,1,3H2/t4-,5-,6+,7+/m1/s1. The van der Waals surface area contributed by atoms with Gasteiger partial charge in [0.05, 0.1) is 13.2 Å². The lowest BCUT2D eigenvalue weighted by Crippen LogP contribution is -2.45. The van der Waals surface area contributed by atoms with E-state index in [4.69, 9.17) is 9.47 Å². The van der Waals surface area contributed by atoms with E-state index in [0.717, 1.165) is 0 Å². The first-order valence-corrected chi connectivity index (χ1v) is 3.77. The highest BCUT2D eigenvalue weighted by Gasteiger charge is 2.55. The minimum Gasteiger partial charge on any atom is -0.388 e. The third kappa shape index (κ3) is 0.910. The maximum absolute atomic E-state index is 10.5. The van der Waals surface area contributed by atoms with Crippen molar-refractivity contribution in [1.29, 1.82) is 0 Å². The molecule has 0 bridgehead atoms. The Balaban J connectivity index is 2.20. The second-order valence-electron chi connectivity index (χ2n) is 3.21. The Morgan fingerprint density at radius 3 is 2.92 bits per heavy atom. The lowest BCUT2D eigenvalue weighted by Gasteiger charge is -2.19. The Hall–Kier alpha value is -0.490. The van der Waals surface area contributed by atoms with E-state index in [1.807, 2.05) is 0 Å². The minimum atomic E-state index is -1.57. The Labute approximate surface area is 68.9 Å². The normalized spacial score (nSPS) is 52.3. The van der Waals surface area contributed by atoms with Gasteiger partial charge >= 0.3 is 0 Å². The van der Waals surface area contributed by atoms with E-state index in [1.165, 1.54) is 0 Å². The van der Waals surface area contributed by atoms with Gasteiger partial charge in [0.1, 0.15) is 18.3 Å². The third-order valence-corrected chi connectivity index (χ3v) is 2.33. The van der Waals surface area contributed by atoms with Crippen LogP contribution in [0.2, 0.25) is 0 Å². The number of aldehydes is 1. The zero-order chi connectivity index (χ0) is 8.77. The lowest BCUT2D eigenvalue weighted by molar-refractivity contribution is -0.134. The van der Waals surface area contributed by atoms with E-state index in [0.29, 0.717) is 6.29 Å². The molecule has 2 aliphatic rings. The molecule has 0 aromatic carbocycles. The second-order valence-corrected chi connectivity index (χ2v) is 3.21. The average molecular weight is 174 g/mol. The van der Waals surface area contributed by atoms with Gasteiger partial charge in [0.15, 0.2) is 11.9 Å². The summed E-state index contributed by atoms with van der Waals surface area (Å²) in [6.07, 6.45) is -1.58. The summed E-state index contributed by atoms with van der Waals surface area (Å²) < 4.78 is 10.1. The van der Waals surface area contributed by atoms with E-state index in [-0.39, 0.29) is 13.2 Å². The van der Waals surface area contributed by atoms with Crippen molar-refractivity contribution < 1.29 is 24.5 Å². The molecule has 12 heavy (non-hydrogen) atoms. The molecule has 0 radical (unpaired) electrons. The number of ether oxygens (including phenoxy) is 2. The van der Waals surface area contributed by atoms with Gasteiger partial charge in [-0.05, 0) is 0 Å². The lowest BCUT2D eigenvalue weighted by atomic mass is 9.98. The monoisotopic (exact) mass is 174 g/mol. The summed E-state index contributed by atoms with van der Waals surface area (Å²) in [6.45, 7) is 0.0222. The predicted molar refractivity (Wildman–Crippen MR) is 36.5 cm³/mol. The van der Waals surface area contributed by atoms with Crippen LogP contribution in [-0.4, -0.2) is 53.6 Å². The molecule has 2 heterocycles. The fourth-order valence-electron chi connectivity index (χ4n) is 1.63. The number of carbonyl (C=O) groups excluding carboxylic acids is 1. The van der Waals surface area contributed by atoms with E-state index in [2.05, 4.69) is 0 Å². The summed E-state index contributed by atoms with van der Waals surface area (Å²) in [5.41, 5.74) is -1.57. The van der Waals surface area contributed by atoms with Crippen molar-refractivity contribution in [2.45, 2.75) is 23.9 Å². The van der Waals surface area contributed by atoms with Gasteiger partial charge in [-0.3, -0.25) is 4.79 Å². The molecule has 68 valence electrons. The van der Waals surface area contributed by atoms with Crippen molar-refractivity contribution in [3.63, 3.8) is 0 Å². The molecule has 0 saturated carbocycles. The van der Waals surface area contributed by atoms with Gasteiger partial charge in [0, 0.05) is 0 Å². The van der Waals surface area contributed by atoms with Crippen molar-refractivity contribution in [1.82, 2.24) is 0 Å². The zero-order valence-electron chi connectivity index (χ0n) is 6.34. The highest BCUT2D eigenvalue weighted by atomic mass is 16.6. The maximum atomic E-state index is 10.5. The minimum absolute atomic E-state index is 0.0944. The van der Waals surface area contributed by atoms with Crippen LogP contribution in [0.4, 0.5) is 0 Å². The molecule has 0 spiro atoms. The molecule has 0 aromatic heterocycles. The molecular weight excluding hydrogens is 164 g/mol. The van der Waals surface area contributed by atoms with Crippen molar-refractivity contribution in [3.8, 4) is 0 Å². The first kappa shape index (κ1) is 8.12. The zero-order valence-corrected chi connectivity index (χ0v) is 6.34. The summed E-state index contributed by atoms with van der Waals surface area (Å²) in [7, 11) is 0. The summed E-state index contributed by atoms with van der Waals surface area (Å²) in [5, 5.41) is 18.8. The van der Waals surface area contributed by atoms with Crippen molar-refractivity contribution in [3.05, 3.63) is 0 Å². The van der Waals surface area contributed by atoms with Crippen molar-refractivity contribution in [2.75, 3.05) is 13.2 Å². The molecule has 2 fully saturated rings. The fourth-order valence-corrected chi connectivity index (χ4v) is 1.63. The summed E-state index contributed by atoms with van der Waals surface area (Å²) in [4.78, 5) is 10.5. The Bertz CT molecular complexity index is 206. The highest BCUT2D eigenvalue weighted by Crippen LogP contribution is 2.32. The molecule has 5 nitrogen and oxygen atoms in total. The molecule has 4 atom stereocenters. The second kappa shape index (κ2) is 2.50. The molecular formula is C7H10O5. The fraction of sp³-hybridized carbons (Fsp3) is 0.857. The number of aliphatic hydroxyl groups excluding tert-OH is 1. The first-order chi connectivity index (χ1) is 5.67. The molecule has 0 aliphatic carbocycles.